The van der Waals surface area contributed by atoms with E-state index in [-0.39, 0.29) is 62.8 Å². The van der Waals surface area contributed by atoms with Crippen molar-refractivity contribution in [3.8, 4) is 5.75 Å². The van der Waals surface area contributed by atoms with Gasteiger partial charge in [0.15, 0.2) is 6.04 Å². The lowest BCUT2D eigenvalue weighted by atomic mass is 9.99. The highest BCUT2D eigenvalue weighted by molar-refractivity contribution is 5.98. The molecule has 77 heavy (non-hydrogen) atoms. The van der Waals surface area contributed by atoms with Gasteiger partial charge in [-0.25, -0.2) is 4.79 Å². The first kappa shape index (κ1) is 66.1. The largest absolute Gasteiger partial charge is 0.508 e. The Bertz CT molecular complexity index is 2200. The van der Waals surface area contributed by atoms with E-state index in [9.17, 15) is 73.2 Å². The molecule has 10 amide bonds. The van der Waals surface area contributed by atoms with Gasteiger partial charge in [0.05, 0.1) is 31.7 Å². The fourth-order valence-corrected chi connectivity index (χ4v) is 8.29. The van der Waals surface area contributed by atoms with Crippen LogP contribution in [0.4, 0.5) is 0 Å². The Labute approximate surface area is 448 Å². The third-order valence-electron chi connectivity index (χ3n) is 12.4. The van der Waals surface area contributed by atoms with E-state index < -0.39 is 151 Å². The zero-order chi connectivity index (χ0) is 58.3. The predicted molar refractivity (Wildman–Crippen MR) is 278 cm³/mol. The van der Waals surface area contributed by atoms with Crippen molar-refractivity contribution < 1.29 is 73.2 Å². The molecule has 18 N–H and O–H groups in total. The van der Waals surface area contributed by atoms with Gasteiger partial charge >= 0.3 is 5.97 Å². The van der Waals surface area contributed by atoms with Crippen molar-refractivity contribution in [3.05, 3.63) is 29.8 Å². The second-order valence-corrected chi connectivity index (χ2v) is 20.4. The van der Waals surface area contributed by atoms with Crippen LogP contribution in [0.3, 0.4) is 0 Å². The van der Waals surface area contributed by atoms with Crippen molar-refractivity contribution in [1.82, 2.24) is 47.4 Å². The van der Waals surface area contributed by atoms with Crippen molar-refractivity contribution in [2.45, 2.75) is 167 Å². The molecule has 1 saturated heterocycles. The van der Waals surface area contributed by atoms with Crippen LogP contribution in [0.15, 0.2) is 24.3 Å². The van der Waals surface area contributed by atoms with E-state index in [2.05, 4.69) is 42.5 Å². The average Bonchev–Trinajstić information content (AvgIpc) is 3.84. The molecule has 0 spiro atoms. The molecular formula is C50H82N12O15. The molecule has 27 heteroatoms. The number of amides is 10. The van der Waals surface area contributed by atoms with Crippen molar-refractivity contribution >= 4 is 65.0 Å². The Morgan fingerprint density at radius 3 is 1.78 bits per heavy atom. The molecule has 0 bridgehead atoms. The van der Waals surface area contributed by atoms with Gasteiger partial charge in [-0.2, -0.15) is 0 Å². The van der Waals surface area contributed by atoms with Gasteiger partial charge in [-0.15, -0.1) is 0 Å². The highest BCUT2D eigenvalue weighted by Crippen LogP contribution is 2.21. The molecule has 0 radical (unpaired) electrons. The fourth-order valence-electron chi connectivity index (χ4n) is 8.29. The SMILES string of the molecule is CC(C)C[C@H](NC(=O)[C@@H](N)CC(N)=O)C(=O)N[C@@H](Cc1ccc(O)cc1)C(=O)N[C@H](C(=O)N[C@@H](CO)C(=O)NCC(=O)N[C@@H](CC(C)C)C(=O)N1CCC[C@H]1C(=O)N[C@@H](CCCCN)C(=O)N[C@H](C(=O)O)[C@@H](C)O)C(C)C. The molecule has 27 nitrogen and oxygen atoms in total. The molecule has 1 aromatic carbocycles. The maximum atomic E-state index is 14.1. The minimum absolute atomic E-state index is 0.0726. The Balaban J connectivity index is 2.23. The van der Waals surface area contributed by atoms with Gasteiger partial charge in [0.2, 0.25) is 59.1 Å². The van der Waals surface area contributed by atoms with Gasteiger partial charge in [-0.3, -0.25) is 47.9 Å². The average molecular weight is 1090 g/mol. The smallest absolute Gasteiger partial charge is 0.328 e. The second kappa shape index (κ2) is 32.6. The third-order valence-corrected chi connectivity index (χ3v) is 12.4. The van der Waals surface area contributed by atoms with Crippen molar-refractivity contribution in [3.63, 3.8) is 0 Å². The van der Waals surface area contributed by atoms with Crippen LogP contribution in [0.5, 0.6) is 5.75 Å². The monoisotopic (exact) mass is 1090 g/mol. The number of hydrogen-bond acceptors (Lipinski definition) is 16. The number of aliphatic carboxylic acids is 1. The van der Waals surface area contributed by atoms with Gasteiger partial charge < -0.3 is 85.1 Å². The fraction of sp³-hybridized carbons (Fsp3) is 0.660. The van der Waals surface area contributed by atoms with Crippen LogP contribution in [0.2, 0.25) is 0 Å². The number of aliphatic hydroxyl groups excluding tert-OH is 2. The van der Waals surface area contributed by atoms with Crippen LogP contribution in [0.1, 0.15) is 105 Å². The minimum Gasteiger partial charge on any atom is -0.508 e. The van der Waals surface area contributed by atoms with Gasteiger partial charge in [-0.1, -0.05) is 53.7 Å². The first-order valence-electron chi connectivity index (χ1n) is 25.8. The van der Waals surface area contributed by atoms with Crippen LogP contribution < -0.4 is 59.7 Å². The molecule has 0 aliphatic carbocycles. The number of benzene rings is 1. The molecule has 0 saturated carbocycles. The molecule has 1 heterocycles. The number of carboxylic acid groups (broad SMARTS) is 1. The minimum atomic E-state index is -1.66. The first-order chi connectivity index (χ1) is 36.1. The van der Waals surface area contributed by atoms with Gasteiger partial charge in [0.1, 0.15) is 48.0 Å². The number of nitrogens with zero attached hydrogens (tertiary/aromatic N) is 1. The topological polar surface area (TPSA) is 446 Å². The number of phenolic OH excluding ortho intramolecular Hbond substituents is 1. The summed E-state index contributed by atoms with van der Waals surface area (Å²) in [7, 11) is 0. The maximum absolute atomic E-state index is 14.1. The van der Waals surface area contributed by atoms with E-state index in [1.165, 1.54) is 36.1 Å². The Hall–Kier alpha value is -6.97. The number of hydrogen-bond donors (Lipinski definition) is 15. The summed E-state index contributed by atoms with van der Waals surface area (Å²) in [6.45, 7) is 10.2. The third kappa shape index (κ3) is 22.6. The molecule has 432 valence electrons. The summed E-state index contributed by atoms with van der Waals surface area (Å²) in [4.78, 5) is 147. The molecule has 1 aliphatic heterocycles. The molecule has 10 atom stereocenters. The second-order valence-electron chi connectivity index (χ2n) is 20.4. The van der Waals surface area contributed by atoms with Crippen LogP contribution >= 0.6 is 0 Å². The van der Waals surface area contributed by atoms with E-state index in [4.69, 9.17) is 17.2 Å². The standard InChI is InChI=1S/C50H82N12O15/c1-25(2)19-33(57-42(68)31(52)22-38(53)66)45(71)58-34(21-29-13-15-30(65)16-14-29)46(72)60-40(27(5)6)48(74)59-36(24-63)43(69)54-23-39(67)55-35(20-26(3)4)49(75)62-18-10-12-37(62)47(73)56-32(11-8-9-17-51)44(70)61-41(28(7)64)50(76)77/h13-16,25-28,31-37,40-41,63-65H,8-12,17-24,51-52H2,1-7H3,(H2,53,66)(H,54,69)(H,55,67)(H,56,73)(H,57,68)(H,58,71)(H,59,74)(H,60,72)(H,61,70)(H,76,77)/t28-,31+,32+,33+,34+,35+,36+,37+,40+,41+/m1/s1. The van der Waals surface area contributed by atoms with Gasteiger partial charge in [-0.05, 0) is 93.9 Å². The predicted octanol–water partition coefficient (Wildman–Crippen LogP) is -4.03. The number of nitrogens with one attached hydrogen (secondary N) is 8. The summed E-state index contributed by atoms with van der Waals surface area (Å²) >= 11 is 0. The molecule has 0 aromatic heterocycles. The Morgan fingerprint density at radius 1 is 0.675 bits per heavy atom. The number of phenols is 1. The van der Waals surface area contributed by atoms with Gasteiger partial charge in [0.25, 0.3) is 0 Å². The van der Waals surface area contributed by atoms with E-state index in [0.29, 0.717) is 24.8 Å². The number of carbonyl (C=O) groups is 11. The number of aromatic hydroxyl groups is 1. The van der Waals surface area contributed by atoms with E-state index in [0.717, 1.165) is 0 Å². The summed E-state index contributed by atoms with van der Waals surface area (Å²) in [5.41, 5.74) is 17.1. The number of aliphatic hydroxyl groups is 2. The quantitative estimate of drug-likeness (QED) is 0.0298. The molecule has 1 aromatic rings. The highest BCUT2D eigenvalue weighted by atomic mass is 16.4. The first-order valence-corrected chi connectivity index (χ1v) is 25.8. The lowest BCUT2D eigenvalue weighted by Gasteiger charge is -2.31. The number of primary amides is 1. The Morgan fingerprint density at radius 2 is 1.23 bits per heavy atom. The lowest BCUT2D eigenvalue weighted by Crippen LogP contribution is -2.61. The van der Waals surface area contributed by atoms with E-state index in [1.807, 2.05) is 0 Å². The summed E-state index contributed by atoms with van der Waals surface area (Å²) in [5.74, 6) is -10.9. The molecule has 1 aliphatic rings. The molecule has 2 rings (SSSR count). The van der Waals surface area contributed by atoms with E-state index >= 15 is 0 Å². The maximum Gasteiger partial charge on any atom is 0.328 e. The summed E-state index contributed by atoms with van der Waals surface area (Å²) in [5, 5.41) is 59.4. The van der Waals surface area contributed by atoms with Crippen molar-refractivity contribution in [2.24, 2.45) is 35.0 Å². The van der Waals surface area contributed by atoms with Crippen LogP contribution in [-0.4, -0.2) is 177 Å². The highest BCUT2D eigenvalue weighted by Gasteiger charge is 2.40. The lowest BCUT2D eigenvalue weighted by molar-refractivity contribution is -0.145. The summed E-state index contributed by atoms with van der Waals surface area (Å²) in [6.07, 6.45) is -0.412. The van der Waals surface area contributed by atoms with Gasteiger partial charge in [0, 0.05) is 13.0 Å². The number of likely N-dealkylation sites (tertiary alicyclic amines) is 1. The number of carbonyl (C=O) groups excluding carboxylic acids is 10. The zero-order valence-electron chi connectivity index (χ0n) is 45.0. The van der Waals surface area contributed by atoms with E-state index in [1.54, 1.807) is 41.5 Å². The summed E-state index contributed by atoms with van der Waals surface area (Å²) in [6, 6.07) is -6.50. The summed E-state index contributed by atoms with van der Waals surface area (Å²) < 4.78 is 0. The van der Waals surface area contributed by atoms with Crippen molar-refractivity contribution in [2.75, 3.05) is 26.2 Å². The van der Waals surface area contributed by atoms with Crippen molar-refractivity contribution in [1.29, 1.82) is 0 Å². The number of nitrogens with two attached hydrogens (primary N) is 3. The number of rotatable bonds is 33. The van der Waals surface area contributed by atoms with Crippen LogP contribution in [-0.2, 0) is 59.2 Å². The molecule has 1 fully saturated rings. The normalized spacial score (nSPS) is 16.8. The number of carboxylic acids is 1. The molecular weight excluding hydrogens is 1010 g/mol. The Kier molecular flexibility index (Phi) is 28.0. The van der Waals surface area contributed by atoms with Crippen LogP contribution in [0.25, 0.3) is 0 Å². The zero-order valence-corrected chi connectivity index (χ0v) is 45.0. The number of unbranched alkanes of at least 4 members (excludes halogenated alkanes) is 1. The van der Waals surface area contributed by atoms with Crippen LogP contribution in [0, 0.1) is 17.8 Å². The molecule has 0 unspecified atom stereocenters.